The molecule has 0 spiro atoms. The molecule has 0 aliphatic rings. The van der Waals surface area contributed by atoms with Crippen LogP contribution in [0.5, 0.6) is 0 Å². The molecule has 0 saturated carbocycles. The second-order valence-electron chi connectivity index (χ2n) is 4.03. The molecule has 0 atom stereocenters. The van der Waals surface area contributed by atoms with E-state index >= 15 is 0 Å². The van der Waals surface area contributed by atoms with Crippen LogP contribution in [0, 0.1) is 10.1 Å². The third-order valence-corrected chi connectivity index (χ3v) is 3.95. The van der Waals surface area contributed by atoms with Crippen LogP contribution in [0.15, 0.2) is 35.3 Å². The number of hydrogen-bond acceptors (Lipinski definition) is 10. The van der Waals surface area contributed by atoms with Crippen LogP contribution >= 0.6 is 22.7 Å². The van der Waals surface area contributed by atoms with Gasteiger partial charge in [-0.25, -0.2) is 0 Å². The summed E-state index contributed by atoms with van der Waals surface area (Å²) < 4.78 is 0. The highest BCUT2D eigenvalue weighted by Gasteiger charge is 2.23. The molecule has 0 aliphatic carbocycles. The van der Waals surface area contributed by atoms with E-state index in [1.54, 1.807) is 29.2 Å². The molecule has 112 valence electrons. The highest BCUT2D eigenvalue weighted by Crippen LogP contribution is 2.29. The standard InChI is InChI=1S/C11H9N7O2S2/c19-18(20)8-4-2-1-3-7(8)9(14-10-16-12-5-21-10)15-11-17-13-6-22-11/h1-6,9H,(H,14,16)(H,15,17). The van der Waals surface area contributed by atoms with Gasteiger partial charge in [0.2, 0.25) is 10.3 Å². The van der Waals surface area contributed by atoms with E-state index in [1.807, 2.05) is 0 Å². The lowest BCUT2D eigenvalue weighted by molar-refractivity contribution is -0.385. The van der Waals surface area contributed by atoms with E-state index in [2.05, 4.69) is 31.0 Å². The predicted octanol–water partition coefficient (Wildman–Crippen LogP) is 2.52. The van der Waals surface area contributed by atoms with Crippen LogP contribution in [0.2, 0.25) is 0 Å². The lowest BCUT2D eigenvalue weighted by atomic mass is 10.1. The van der Waals surface area contributed by atoms with Gasteiger partial charge in [0.1, 0.15) is 17.2 Å². The Morgan fingerprint density at radius 3 is 2.14 bits per heavy atom. The smallest absolute Gasteiger partial charge is 0.276 e. The Bertz CT molecular complexity index is 711. The minimum absolute atomic E-state index is 0.00142. The van der Waals surface area contributed by atoms with E-state index in [0.29, 0.717) is 15.8 Å². The number of anilines is 2. The van der Waals surface area contributed by atoms with Crippen molar-refractivity contribution in [1.29, 1.82) is 0 Å². The molecule has 0 unspecified atom stereocenters. The molecule has 2 aromatic heterocycles. The van der Waals surface area contributed by atoms with E-state index < -0.39 is 11.1 Å². The van der Waals surface area contributed by atoms with Crippen LogP contribution in [0.3, 0.4) is 0 Å². The second-order valence-corrected chi connectivity index (χ2v) is 5.69. The van der Waals surface area contributed by atoms with Crippen LogP contribution in [-0.2, 0) is 0 Å². The van der Waals surface area contributed by atoms with Crippen molar-refractivity contribution in [3.63, 3.8) is 0 Å². The molecule has 0 aliphatic heterocycles. The van der Waals surface area contributed by atoms with Crippen molar-refractivity contribution < 1.29 is 4.92 Å². The zero-order valence-electron chi connectivity index (χ0n) is 10.9. The Balaban J connectivity index is 1.95. The third kappa shape index (κ3) is 3.15. The second kappa shape index (κ2) is 6.41. The molecule has 2 N–H and O–H groups in total. The topological polar surface area (TPSA) is 119 Å². The number of nitrogens with zero attached hydrogens (tertiary/aromatic N) is 5. The zero-order chi connectivity index (χ0) is 15.4. The first-order chi connectivity index (χ1) is 10.7. The van der Waals surface area contributed by atoms with Gasteiger partial charge in [0, 0.05) is 6.07 Å². The quantitative estimate of drug-likeness (QED) is 0.401. The number of nitro groups is 1. The summed E-state index contributed by atoms with van der Waals surface area (Å²) in [6, 6.07) is 6.48. The summed E-state index contributed by atoms with van der Waals surface area (Å²) in [5.74, 6) is 0. The molecule has 3 aromatic rings. The average molecular weight is 335 g/mol. The fourth-order valence-electron chi connectivity index (χ4n) is 1.81. The van der Waals surface area contributed by atoms with Gasteiger partial charge in [-0.2, -0.15) is 0 Å². The molecule has 9 nitrogen and oxygen atoms in total. The minimum atomic E-state index is -0.581. The van der Waals surface area contributed by atoms with Gasteiger partial charge in [0.25, 0.3) is 5.69 Å². The Hall–Kier alpha value is -2.66. The number of aromatic nitrogens is 4. The van der Waals surface area contributed by atoms with Crippen LogP contribution < -0.4 is 10.6 Å². The molecule has 11 heteroatoms. The van der Waals surface area contributed by atoms with Gasteiger partial charge < -0.3 is 10.6 Å². The minimum Gasteiger partial charge on any atom is -0.336 e. The van der Waals surface area contributed by atoms with Crippen molar-refractivity contribution >= 4 is 38.6 Å². The van der Waals surface area contributed by atoms with E-state index in [9.17, 15) is 10.1 Å². The molecule has 1 aromatic carbocycles. The molecular formula is C11H9N7O2S2. The van der Waals surface area contributed by atoms with Crippen molar-refractivity contribution in [2.75, 3.05) is 10.6 Å². The lowest BCUT2D eigenvalue weighted by Crippen LogP contribution is -2.21. The maximum Gasteiger partial charge on any atom is 0.276 e. The Labute approximate surface area is 132 Å². The van der Waals surface area contributed by atoms with Gasteiger partial charge in [-0.15, -0.1) is 20.4 Å². The zero-order valence-corrected chi connectivity index (χ0v) is 12.5. The fraction of sp³-hybridized carbons (Fsp3) is 0.0909. The Morgan fingerprint density at radius 2 is 1.64 bits per heavy atom. The molecule has 0 bridgehead atoms. The highest BCUT2D eigenvalue weighted by molar-refractivity contribution is 7.13. The summed E-state index contributed by atoms with van der Waals surface area (Å²) in [5, 5.41) is 33.8. The number of nitro benzene ring substituents is 1. The number of nitrogens with one attached hydrogen (secondary N) is 2. The molecule has 22 heavy (non-hydrogen) atoms. The van der Waals surface area contributed by atoms with Gasteiger partial charge in [0.15, 0.2) is 0 Å². The maximum atomic E-state index is 11.2. The predicted molar refractivity (Wildman–Crippen MR) is 82.9 cm³/mol. The van der Waals surface area contributed by atoms with E-state index in [1.165, 1.54) is 28.7 Å². The maximum absolute atomic E-state index is 11.2. The lowest BCUT2D eigenvalue weighted by Gasteiger charge is -2.19. The van der Waals surface area contributed by atoms with Gasteiger partial charge >= 0.3 is 0 Å². The first-order valence-electron chi connectivity index (χ1n) is 6.03. The molecule has 0 fully saturated rings. The summed E-state index contributed by atoms with van der Waals surface area (Å²) in [7, 11) is 0. The number of hydrogen-bond donors (Lipinski definition) is 2. The normalized spacial score (nSPS) is 10.6. The number of benzene rings is 1. The molecular weight excluding hydrogens is 326 g/mol. The van der Waals surface area contributed by atoms with Crippen molar-refractivity contribution in [3.8, 4) is 0 Å². The van der Waals surface area contributed by atoms with Gasteiger partial charge in [0.05, 0.1) is 10.5 Å². The Morgan fingerprint density at radius 1 is 1.05 bits per heavy atom. The molecule has 3 rings (SSSR count). The summed E-state index contributed by atoms with van der Waals surface area (Å²) in [6.45, 7) is 0. The number of rotatable bonds is 6. The SMILES string of the molecule is O=[N+]([O-])c1ccccc1C(Nc1nncs1)Nc1nncs1. The van der Waals surface area contributed by atoms with E-state index in [4.69, 9.17) is 0 Å². The molecule has 2 heterocycles. The molecule has 0 saturated heterocycles. The van der Waals surface area contributed by atoms with Gasteiger partial charge in [-0.1, -0.05) is 34.8 Å². The van der Waals surface area contributed by atoms with Crippen molar-refractivity contribution in [3.05, 3.63) is 51.0 Å². The van der Waals surface area contributed by atoms with Crippen LogP contribution in [0.4, 0.5) is 16.0 Å². The summed E-state index contributed by atoms with van der Waals surface area (Å²) in [6.07, 6.45) is -0.581. The molecule has 0 radical (unpaired) electrons. The first kappa shape index (κ1) is 14.3. The summed E-state index contributed by atoms with van der Waals surface area (Å²) in [4.78, 5) is 10.8. The van der Waals surface area contributed by atoms with Crippen LogP contribution in [0.1, 0.15) is 11.7 Å². The summed E-state index contributed by atoms with van der Waals surface area (Å²) in [5.41, 5.74) is 3.62. The highest BCUT2D eigenvalue weighted by atomic mass is 32.1. The van der Waals surface area contributed by atoms with Crippen LogP contribution in [-0.4, -0.2) is 25.3 Å². The summed E-state index contributed by atoms with van der Waals surface area (Å²) >= 11 is 2.59. The van der Waals surface area contributed by atoms with Crippen molar-refractivity contribution in [2.45, 2.75) is 6.17 Å². The van der Waals surface area contributed by atoms with Gasteiger partial charge in [-0.3, -0.25) is 10.1 Å². The third-order valence-electron chi connectivity index (χ3n) is 2.70. The van der Waals surface area contributed by atoms with Crippen molar-refractivity contribution in [1.82, 2.24) is 20.4 Å². The first-order valence-corrected chi connectivity index (χ1v) is 7.78. The fourth-order valence-corrected chi connectivity index (χ4v) is 2.76. The average Bonchev–Trinajstić information content (AvgIpc) is 3.20. The van der Waals surface area contributed by atoms with Crippen molar-refractivity contribution in [2.24, 2.45) is 0 Å². The van der Waals surface area contributed by atoms with Gasteiger partial charge in [-0.05, 0) is 6.07 Å². The molecule has 0 amide bonds. The Kier molecular flexibility index (Phi) is 4.16. The van der Waals surface area contributed by atoms with Crippen LogP contribution in [0.25, 0.3) is 0 Å². The largest absolute Gasteiger partial charge is 0.336 e. The van der Waals surface area contributed by atoms with E-state index in [-0.39, 0.29) is 5.69 Å². The van der Waals surface area contributed by atoms with E-state index in [0.717, 1.165) is 0 Å². The number of para-hydroxylation sites is 1. The monoisotopic (exact) mass is 335 g/mol.